The van der Waals surface area contributed by atoms with Gasteiger partial charge in [0.1, 0.15) is 0 Å². The molecule has 3 rings (SSSR count). The zero-order valence-electron chi connectivity index (χ0n) is 15.0. The quantitative estimate of drug-likeness (QED) is 0.827. The van der Waals surface area contributed by atoms with Crippen LogP contribution in [0.3, 0.4) is 0 Å². The van der Waals surface area contributed by atoms with Gasteiger partial charge < -0.3 is 14.4 Å². The number of nitrogens with zero attached hydrogens (tertiary/aromatic N) is 2. The van der Waals surface area contributed by atoms with Gasteiger partial charge in [-0.1, -0.05) is 24.4 Å². The lowest BCUT2D eigenvalue weighted by Gasteiger charge is -2.41. The van der Waals surface area contributed by atoms with Crippen LogP contribution in [0.2, 0.25) is 0 Å². The number of hydrogen-bond donors (Lipinski definition) is 1. The zero-order valence-corrected chi connectivity index (χ0v) is 15.0. The van der Waals surface area contributed by atoms with E-state index in [9.17, 15) is 5.11 Å². The van der Waals surface area contributed by atoms with E-state index in [4.69, 9.17) is 9.26 Å². The molecule has 0 radical (unpaired) electrons. The van der Waals surface area contributed by atoms with E-state index in [1.807, 2.05) is 0 Å². The van der Waals surface area contributed by atoms with Gasteiger partial charge in [0.2, 0.25) is 0 Å². The van der Waals surface area contributed by atoms with Crippen LogP contribution in [-0.4, -0.2) is 48.6 Å². The van der Waals surface area contributed by atoms with Gasteiger partial charge in [-0.05, 0) is 38.6 Å². The highest BCUT2D eigenvalue weighted by atomic mass is 16.5. The lowest BCUT2D eigenvalue weighted by molar-refractivity contribution is 0.00228. The molecule has 1 aromatic rings. The number of rotatable bonds is 7. The van der Waals surface area contributed by atoms with Crippen LogP contribution in [-0.2, 0) is 11.3 Å². The van der Waals surface area contributed by atoms with E-state index in [2.05, 4.69) is 16.1 Å². The van der Waals surface area contributed by atoms with Crippen LogP contribution in [0.15, 0.2) is 10.6 Å². The van der Waals surface area contributed by atoms with Crippen molar-refractivity contribution in [3.05, 3.63) is 17.5 Å². The number of piperidine rings is 1. The van der Waals surface area contributed by atoms with Crippen molar-refractivity contribution in [3.8, 4) is 0 Å². The summed E-state index contributed by atoms with van der Waals surface area (Å²) in [5, 5.41) is 14.2. The summed E-state index contributed by atoms with van der Waals surface area (Å²) in [7, 11) is 1.73. The highest BCUT2D eigenvalue weighted by Crippen LogP contribution is 2.35. The van der Waals surface area contributed by atoms with Crippen molar-refractivity contribution < 1.29 is 14.4 Å². The van der Waals surface area contributed by atoms with E-state index >= 15 is 0 Å². The Morgan fingerprint density at radius 2 is 2.17 bits per heavy atom. The van der Waals surface area contributed by atoms with Gasteiger partial charge in [-0.2, -0.15) is 0 Å². The van der Waals surface area contributed by atoms with E-state index < -0.39 is 0 Å². The number of ether oxygens (including phenoxy) is 1. The second-order valence-corrected chi connectivity index (χ2v) is 7.77. The molecule has 1 saturated heterocycles. The van der Waals surface area contributed by atoms with Gasteiger partial charge in [0.15, 0.2) is 5.76 Å². The molecule has 1 aliphatic heterocycles. The van der Waals surface area contributed by atoms with Crippen molar-refractivity contribution in [2.24, 2.45) is 5.41 Å². The number of aromatic nitrogens is 1. The molecule has 2 fully saturated rings. The third-order valence-corrected chi connectivity index (χ3v) is 5.89. The number of likely N-dealkylation sites (tertiary alicyclic amines) is 1. The number of aliphatic hydroxyl groups is 1. The van der Waals surface area contributed by atoms with E-state index in [1.54, 1.807) is 7.11 Å². The van der Waals surface area contributed by atoms with Crippen molar-refractivity contribution >= 4 is 0 Å². The lowest BCUT2D eigenvalue weighted by atomic mass is 9.78. The Kier molecular flexibility index (Phi) is 6.31. The SMILES string of the molecule is COCC[C@]1(CO)CCCN(Cc2cc(C3CCCCC3)no2)C1. The topological polar surface area (TPSA) is 58.7 Å². The minimum atomic E-state index is -0.0273. The molecule has 24 heavy (non-hydrogen) atoms. The molecule has 136 valence electrons. The van der Waals surface area contributed by atoms with Crippen LogP contribution in [0.25, 0.3) is 0 Å². The molecule has 1 atom stereocenters. The predicted molar refractivity (Wildman–Crippen MR) is 92.9 cm³/mol. The average Bonchev–Trinajstić information content (AvgIpc) is 3.09. The monoisotopic (exact) mass is 336 g/mol. The normalized spacial score (nSPS) is 26.8. The molecule has 5 nitrogen and oxygen atoms in total. The van der Waals surface area contributed by atoms with E-state index in [0.29, 0.717) is 12.5 Å². The molecule has 1 aromatic heterocycles. The summed E-state index contributed by atoms with van der Waals surface area (Å²) in [5.41, 5.74) is 1.12. The molecule has 0 bridgehead atoms. The van der Waals surface area contributed by atoms with Crippen LogP contribution in [0, 0.1) is 5.41 Å². The molecule has 2 aliphatic rings. The van der Waals surface area contributed by atoms with E-state index in [-0.39, 0.29) is 12.0 Å². The number of aliphatic hydroxyl groups excluding tert-OH is 1. The van der Waals surface area contributed by atoms with Crippen LogP contribution in [0.4, 0.5) is 0 Å². The molecule has 0 spiro atoms. The third-order valence-electron chi connectivity index (χ3n) is 5.89. The van der Waals surface area contributed by atoms with Gasteiger partial charge >= 0.3 is 0 Å². The first-order chi connectivity index (χ1) is 11.7. The molecule has 2 heterocycles. The highest BCUT2D eigenvalue weighted by molar-refractivity contribution is 5.11. The maximum Gasteiger partial charge on any atom is 0.150 e. The summed E-state index contributed by atoms with van der Waals surface area (Å²) in [6.45, 7) is 3.72. The molecule has 1 aliphatic carbocycles. The number of hydrogen-bond acceptors (Lipinski definition) is 5. The fourth-order valence-corrected chi connectivity index (χ4v) is 4.39. The summed E-state index contributed by atoms with van der Waals surface area (Å²) < 4.78 is 10.9. The minimum absolute atomic E-state index is 0.0273. The molecule has 1 saturated carbocycles. The Morgan fingerprint density at radius 3 is 2.92 bits per heavy atom. The summed E-state index contributed by atoms with van der Waals surface area (Å²) in [4.78, 5) is 2.40. The maximum absolute atomic E-state index is 9.91. The summed E-state index contributed by atoms with van der Waals surface area (Å²) in [6, 6.07) is 2.17. The Balaban J connectivity index is 1.58. The fourth-order valence-electron chi connectivity index (χ4n) is 4.39. The average molecular weight is 336 g/mol. The van der Waals surface area contributed by atoms with Gasteiger partial charge in [0.25, 0.3) is 0 Å². The Morgan fingerprint density at radius 1 is 1.33 bits per heavy atom. The zero-order chi connectivity index (χ0) is 16.8. The Labute approximate surface area is 145 Å². The summed E-state index contributed by atoms with van der Waals surface area (Å²) in [5.74, 6) is 1.56. The molecule has 5 heteroatoms. The molecule has 1 N–H and O–H groups in total. The summed E-state index contributed by atoms with van der Waals surface area (Å²) >= 11 is 0. The number of methoxy groups -OCH3 is 1. The lowest BCUT2D eigenvalue weighted by Crippen LogP contribution is -2.45. The van der Waals surface area contributed by atoms with Crippen molar-refractivity contribution in [1.82, 2.24) is 10.1 Å². The first-order valence-electron chi connectivity index (χ1n) is 9.52. The summed E-state index contributed by atoms with van der Waals surface area (Å²) in [6.07, 6.45) is 9.61. The first kappa shape index (κ1) is 17.9. The molecule has 0 unspecified atom stereocenters. The van der Waals surface area contributed by atoms with E-state index in [0.717, 1.165) is 50.4 Å². The fraction of sp³-hybridized carbons (Fsp3) is 0.842. The van der Waals surface area contributed by atoms with Crippen LogP contribution in [0.1, 0.15) is 68.7 Å². The second kappa shape index (κ2) is 8.45. The van der Waals surface area contributed by atoms with Gasteiger partial charge in [-0.25, -0.2) is 0 Å². The van der Waals surface area contributed by atoms with Gasteiger partial charge in [-0.15, -0.1) is 0 Å². The van der Waals surface area contributed by atoms with Crippen LogP contribution >= 0.6 is 0 Å². The molecular formula is C19H32N2O3. The van der Waals surface area contributed by atoms with Gasteiger partial charge in [0, 0.05) is 37.7 Å². The van der Waals surface area contributed by atoms with Crippen molar-refractivity contribution in [1.29, 1.82) is 0 Å². The molecular weight excluding hydrogens is 304 g/mol. The second-order valence-electron chi connectivity index (χ2n) is 7.77. The minimum Gasteiger partial charge on any atom is -0.396 e. The highest BCUT2D eigenvalue weighted by Gasteiger charge is 2.35. The Bertz CT molecular complexity index is 499. The standard InChI is InChI=1S/C19H32N2O3/c1-23-11-9-19(15-22)8-5-10-21(14-19)13-17-12-18(20-24-17)16-6-3-2-4-7-16/h12,16,22H,2-11,13-15H2,1H3/t19-/m1/s1. The molecule has 0 amide bonds. The van der Waals surface area contributed by atoms with Gasteiger partial charge in [0.05, 0.1) is 18.8 Å². The smallest absolute Gasteiger partial charge is 0.150 e. The van der Waals surface area contributed by atoms with E-state index in [1.165, 1.54) is 32.1 Å². The Hall–Kier alpha value is -0.910. The van der Waals surface area contributed by atoms with Crippen LogP contribution < -0.4 is 0 Å². The first-order valence-corrected chi connectivity index (χ1v) is 9.52. The molecule has 0 aromatic carbocycles. The van der Waals surface area contributed by atoms with Crippen LogP contribution in [0.5, 0.6) is 0 Å². The van der Waals surface area contributed by atoms with Crippen molar-refractivity contribution in [2.45, 2.75) is 63.8 Å². The third kappa shape index (κ3) is 4.38. The maximum atomic E-state index is 9.91. The largest absolute Gasteiger partial charge is 0.396 e. The van der Waals surface area contributed by atoms with Crippen molar-refractivity contribution in [3.63, 3.8) is 0 Å². The predicted octanol–water partition coefficient (Wildman–Crippen LogP) is 3.33. The van der Waals surface area contributed by atoms with Crippen molar-refractivity contribution in [2.75, 3.05) is 33.4 Å². The van der Waals surface area contributed by atoms with Gasteiger partial charge in [-0.3, -0.25) is 4.90 Å².